The number of nitrogens with zero attached hydrogens (tertiary/aromatic N) is 2. The Morgan fingerprint density at radius 3 is 1.41 bits per heavy atom. The van der Waals surface area contributed by atoms with Gasteiger partial charge in [0.25, 0.3) is 0 Å². The summed E-state index contributed by atoms with van der Waals surface area (Å²) in [4.78, 5) is 4.80. The van der Waals surface area contributed by atoms with E-state index < -0.39 is 0 Å². The first-order valence-electron chi connectivity index (χ1n) is 18.9. The fourth-order valence-electron chi connectivity index (χ4n) is 8.26. The standard InChI is InChI=1S/C52H34N2S2/c1-4-14-35(15-5-1)41-29-30-48(43-21-11-10-20-42(41)43)54(39-24-27-45-44-22-12-13-23-49(44)55-51(45)33-39)40-25-28-46-47-32-38(26-31-50(47)56-52(46)34-40)53(36-16-6-2-7-17-36)37-18-8-3-9-19-37/h1-34H. The molecular formula is C52H34N2S2. The van der Waals surface area contributed by atoms with Crippen LogP contribution in [-0.2, 0) is 0 Å². The topological polar surface area (TPSA) is 6.48 Å². The fourth-order valence-corrected chi connectivity index (χ4v) is 10.5. The molecule has 0 N–H and O–H groups in total. The summed E-state index contributed by atoms with van der Waals surface area (Å²) in [5, 5.41) is 7.60. The quantitative estimate of drug-likeness (QED) is 0.160. The van der Waals surface area contributed by atoms with Crippen molar-refractivity contribution in [1.29, 1.82) is 0 Å². The first kappa shape index (κ1) is 32.7. The van der Waals surface area contributed by atoms with Crippen LogP contribution in [0.25, 0.3) is 62.2 Å². The Morgan fingerprint density at radius 1 is 0.268 bits per heavy atom. The lowest BCUT2D eigenvalue weighted by Crippen LogP contribution is -2.10. The second-order valence-electron chi connectivity index (χ2n) is 14.1. The molecule has 0 spiro atoms. The van der Waals surface area contributed by atoms with E-state index in [1.54, 1.807) is 0 Å². The second kappa shape index (κ2) is 13.5. The van der Waals surface area contributed by atoms with E-state index in [1.807, 2.05) is 22.7 Å². The van der Waals surface area contributed by atoms with E-state index in [2.05, 4.69) is 216 Å². The lowest BCUT2D eigenvalue weighted by atomic mass is 9.96. The molecule has 9 aromatic carbocycles. The Labute approximate surface area is 333 Å². The van der Waals surface area contributed by atoms with E-state index in [4.69, 9.17) is 0 Å². The normalized spacial score (nSPS) is 11.6. The third kappa shape index (κ3) is 5.53. The predicted octanol–water partition coefficient (Wildman–Crippen LogP) is 16.2. The zero-order chi connectivity index (χ0) is 37.0. The highest BCUT2D eigenvalue weighted by Gasteiger charge is 2.21. The number of fused-ring (bicyclic) bond motifs is 7. The monoisotopic (exact) mass is 750 g/mol. The maximum Gasteiger partial charge on any atom is 0.0540 e. The molecule has 0 bridgehead atoms. The minimum atomic E-state index is 1.14. The maximum atomic E-state index is 2.46. The Morgan fingerprint density at radius 2 is 0.750 bits per heavy atom. The van der Waals surface area contributed by atoms with Crippen LogP contribution in [0.4, 0.5) is 34.1 Å². The molecule has 0 aliphatic heterocycles. The highest BCUT2D eigenvalue weighted by atomic mass is 32.1. The van der Waals surface area contributed by atoms with Gasteiger partial charge in [-0.25, -0.2) is 0 Å². The molecule has 0 aliphatic carbocycles. The van der Waals surface area contributed by atoms with Crippen molar-refractivity contribution in [1.82, 2.24) is 0 Å². The Bertz CT molecular complexity index is 3160. The molecule has 0 saturated carbocycles. The number of hydrogen-bond donors (Lipinski definition) is 0. The van der Waals surface area contributed by atoms with Gasteiger partial charge in [-0.05, 0) is 95.4 Å². The molecular weight excluding hydrogens is 717 g/mol. The van der Waals surface area contributed by atoms with Crippen LogP contribution in [0.1, 0.15) is 0 Å². The number of anilines is 6. The molecule has 2 nitrogen and oxygen atoms in total. The summed E-state index contributed by atoms with van der Waals surface area (Å²) in [6, 6.07) is 75.1. The Kier molecular flexibility index (Phi) is 7.90. The average Bonchev–Trinajstić information content (AvgIpc) is 3.82. The first-order chi connectivity index (χ1) is 27.8. The van der Waals surface area contributed by atoms with Crippen LogP contribution in [-0.4, -0.2) is 0 Å². The van der Waals surface area contributed by atoms with Crippen molar-refractivity contribution in [3.05, 3.63) is 206 Å². The number of hydrogen-bond acceptors (Lipinski definition) is 4. The van der Waals surface area contributed by atoms with Crippen LogP contribution >= 0.6 is 22.7 Å². The Balaban J connectivity index is 1.10. The van der Waals surface area contributed by atoms with Crippen LogP contribution in [0.3, 0.4) is 0 Å². The van der Waals surface area contributed by atoms with Gasteiger partial charge >= 0.3 is 0 Å². The second-order valence-corrected chi connectivity index (χ2v) is 16.3. The zero-order valence-electron chi connectivity index (χ0n) is 30.3. The van der Waals surface area contributed by atoms with E-state index in [-0.39, 0.29) is 0 Å². The average molecular weight is 751 g/mol. The van der Waals surface area contributed by atoms with Gasteiger partial charge in [0, 0.05) is 74.2 Å². The summed E-state index contributed by atoms with van der Waals surface area (Å²) in [6.45, 7) is 0. The van der Waals surface area contributed by atoms with E-state index in [0.29, 0.717) is 0 Å². The van der Waals surface area contributed by atoms with Crippen molar-refractivity contribution in [3.63, 3.8) is 0 Å². The summed E-state index contributed by atoms with van der Waals surface area (Å²) < 4.78 is 5.14. The van der Waals surface area contributed by atoms with Gasteiger partial charge in [-0.3, -0.25) is 0 Å². The molecule has 4 heteroatoms. The highest BCUT2D eigenvalue weighted by molar-refractivity contribution is 7.26. The van der Waals surface area contributed by atoms with Gasteiger partial charge in [0.2, 0.25) is 0 Å². The minimum Gasteiger partial charge on any atom is -0.310 e. The molecule has 264 valence electrons. The van der Waals surface area contributed by atoms with Crippen molar-refractivity contribution in [3.8, 4) is 11.1 Å². The van der Waals surface area contributed by atoms with Crippen LogP contribution in [0.5, 0.6) is 0 Å². The smallest absolute Gasteiger partial charge is 0.0540 e. The molecule has 0 aliphatic rings. The summed E-state index contributed by atoms with van der Waals surface area (Å²) in [5.41, 5.74) is 9.31. The molecule has 0 radical (unpaired) electrons. The molecule has 0 fully saturated rings. The number of benzene rings is 9. The maximum absolute atomic E-state index is 2.46. The number of para-hydroxylation sites is 2. The number of thiophene rings is 2. The SMILES string of the molecule is c1ccc(-c2ccc(N(c3ccc4c(c3)sc3ccccc34)c3ccc4c(c3)sc3ccc(N(c5ccccc5)c5ccccc5)cc34)c3ccccc23)cc1. The Hall–Kier alpha value is -6.72. The van der Waals surface area contributed by atoms with Gasteiger partial charge in [0.05, 0.1) is 5.69 Å². The number of rotatable bonds is 7. The molecule has 11 rings (SSSR count). The van der Waals surface area contributed by atoms with Gasteiger partial charge in [0.15, 0.2) is 0 Å². The van der Waals surface area contributed by atoms with Crippen LogP contribution in [0.2, 0.25) is 0 Å². The van der Waals surface area contributed by atoms with Crippen LogP contribution in [0, 0.1) is 0 Å². The molecule has 0 unspecified atom stereocenters. The molecule has 0 amide bonds. The summed E-state index contributed by atoms with van der Waals surface area (Å²) in [6.07, 6.45) is 0. The predicted molar refractivity (Wildman–Crippen MR) is 245 cm³/mol. The van der Waals surface area contributed by atoms with Gasteiger partial charge in [0.1, 0.15) is 0 Å². The lowest BCUT2D eigenvalue weighted by Gasteiger charge is -2.28. The van der Waals surface area contributed by atoms with E-state index >= 15 is 0 Å². The van der Waals surface area contributed by atoms with Crippen molar-refractivity contribution in [2.45, 2.75) is 0 Å². The molecule has 0 saturated heterocycles. The van der Waals surface area contributed by atoms with Crippen LogP contribution < -0.4 is 9.80 Å². The third-order valence-electron chi connectivity index (χ3n) is 10.8. The molecule has 0 atom stereocenters. The van der Waals surface area contributed by atoms with Gasteiger partial charge < -0.3 is 9.80 Å². The van der Waals surface area contributed by atoms with Gasteiger partial charge in [-0.2, -0.15) is 0 Å². The van der Waals surface area contributed by atoms with Gasteiger partial charge in [-0.15, -0.1) is 22.7 Å². The molecule has 2 aromatic heterocycles. The van der Waals surface area contributed by atoms with Crippen molar-refractivity contribution >= 4 is 108 Å². The molecule has 56 heavy (non-hydrogen) atoms. The first-order valence-corrected chi connectivity index (χ1v) is 20.6. The van der Waals surface area contributed by atoms with E-state index in [1.165, 1.54) is 62.2 Å². The fraction of sp³-hybridized carbons (Fsp3) is 0. The van der Waals surface area contributed by atoms with Crippen LogP contribution in [0.15, 0.2) is 206 Å². The third-order valence-corrected chi connectivity index (χ3v) is 13.1. The molecule has 2 heterocycles. The zero-order valence-corrected chi connectivity index (χ0v) is 32.0. The van der Waals surface area contributed by atoms with E-state index in [9.17, 15) is 0 Å². The minimum absolute atomic E-state index is 1.14. The van der Waals surface area contributed by atoms with Crippen molar-refractivity contribution < 1.29 is 0 Å². The summed E-state index contributed by atoms with van der Waals surface area (Å²) in [5.74, 6) is 0. The highest BCUT2D eigenvalue weighted by Crippen LogP contribution is 2.47. The summed E-state index contributed by atoms with van der Waals surface area (Å²) in [7, 11) is 0. The lowest BCUT2D eigenvalue weighted by molar-refractivity contribution is 1.29. The van der Waals surface area contributed by atoms with Gasteiger partial charge in [-0.1, -0.05) is 127 Å². The molecule has 11 aromatic rings. The van der Waals surface area contributed by atoms with E-state index in [0.717, 1.165) is 34.1 Å². The van der Waals surface area contributed by atoms with Crippen molar-refractivity contribution in [2.24, 2.45) is 0 Å². The van der Waals surface area contributed by atoms with Crippen molar-refractivity contribution in [2.75, 3.05) is 9.80 Å². The largest absolute Gasteiger partial charge is 0.310 e. The summed E-state index contributed by atoms with van der Waals surface area (Å²) >= 11 is 3.73.